The highest BCUT2D eigenvalue weighted by molar-refractivity contribution is 8.13. The van der Waals surface area contributed by atoms with Gasteiger partial charge in [-0.15, -0.1) is 0 Å². The normalized spacial score (nSPS) is 9.44. The smallest absolute Gasteiger partial charge is 0.288 e. The second kappa shape index (κ2) is 6.77. The maximum absolute atomic E-state index is 10.7. The van der Waals surface area contributed by atoms with Crippen LogP contribution in [0.4, 0.5) is 5.69 Å². The Labute approximate surface area is 109 Å². The van der Waals surface area contributed by atoms with E-state index in [0.717, 1.165) is 0 Å². The van der Waals surface area contributed by atoms with Gasteiger partial charge in [-0.05, 0) is 6.92 Å². The fourth-order valence-corrected chi connectivity index (χ4v) is 1.64. The summed E-state index contributed by atoms with van der Waals surface area (Å²) in [5.74, 6) is 6.35. The first-order valence-electron chi connectivity index (χ1n) is 5.24. The van der Waals surface area contributed by atoms with Gasteiger partial charge in [-0.1, -0.05) is 23.6 Å². The molecular formula is C12H12N2O3S. The molecule has 0 N–H and O–H groups in total. The highest BCUT2D eigenvalue weighted by atomic mass is 32.2. The van der Waals surface area contributed by atoms with Gasteiger partial charge in [-0.3, -0.25) is 19.9 Å². The molecule has 1 rings (SSSR count). The quantitative estimate of drug-likeness (QED) is 0.362. The number of hydrogen-bond donors (Lipinski definition) is 0. The van der Waals surface area contributed by atoms with Crippen LogP contribution in [0, 0.1) is 28.9 Å². The van der Waals surface area contributed by atoms with E-state index in [-0.39, 0.29) is 10.8 Å². The molecule has 0 atom stereocenters. The van der Waals surface area contributed by atoms with E-state index in [1.54, 1.807) is 6.92 Å². The molecule has 1 aromatic rings. The number of rotatable bonds is 3. The number of nitrogens with zero attached hydrogens (tertiary/aromatic N) is 2. The molecule has 0 amide bonds. The first-order valence-corrected chi connectivity index (χ1v) is 6.22. The van der Waals surface area contributed by atoms with Gasteiger partial charge in [-0.25, -0.2) is 0 Å². The molecule has 0 spiro atoms. The van der Waals surface area contributed by atoms with Crippen molar-refractivity contribution in [1.82, 2.24) is 4.98 Å². The minimum absolute atomic E-state index is 0.0602. The summed E-state index contributed by atoms with van der Waals surface area (Å²) >= 11 is 1.21. The molecular weight excluding hydrogens is 252 g/mol. The Morgan fingerprint density at radius 1 is 1.61 bits per heavy atom. The van der Waals surface area contributed by atoms with Crippen LogP contribution in [0.25, 0.3) is 0 Å². The van der Waals surface area contributed by atoms with Gasteiger partial charge in [0.05, 0.1) is 16.2 Å². The maximum atomic E-state index is 10.7. The summed E-state index contributed by atoms with van der Waals surface area (Å²) in [5, 5.41) is 10.7. The summed E-state index contributed by atoms with van der Waals surface area (Å²) in [6, 6.07) is 1.41. The van der Waals surface area contributed by atoms with E-state index in [1.165, 1.54) is 30.9 Å². The average Bonchev–Trinajstić information content (AvgIpc) is 2.30. The Balaban J connectivity index is 2.71. The van der Waals surface area contributed by atoms with Gasteiger partial charge >= 0.3 is 0 Å². The van der Waals surface area contributed by atoms with Crippen molar-refractivity contribution >= 4 is 22.6 Å². The third kappa shape index (κ3) is 4.55. The summed E-state index contributed by atoms with van der Waals surface area (Å²) < 4.78 is 0. The molecule has 0 radical (unpaired) electrons. The van der Waals surface area contributed by atoms with E-state index in [1.807, 2.05) is 0 Å². The zero-order valence-electron chi connectivity index (χ0n) is 10.1. The van der Waals surface area contributed by atoms with Gasteiger partial charge < -0.3 is 0 Å². The number of carbonyl (C=O) groups excluding carboxylic acids is 1. The van der Waals surface area contributed by atoms with Crippen molar-refractivity contribution in [3.05, 3.63) is 33.6 Å². The number of carbonyl (C=O) groups is 1. The Morgan fingerprint density at radius 3 is 2.94 bits per heavy atom. The number of aromatic nitrogens is 1. The Kier molecular flexibility index (Phi) is 5.33. The van der Waals surface area contributed by atoms with Crippen LogP contribution in [0.2, 0.25) is 0 Å². The van der Waals surface area contributed by atoms with E-state index in [2.05, 4.69) is 16.8 Å². The van der Waals surface area contributed by atoms with Gasteiger partial charge in [0.2, 0.25) is 0 Å². The molecule has 0 aliphatic heterocycles. The van der Waals surface area contributed by atoms with Crippen molar-refractivity contribution < 1.29 is 9.72 Å². The van der Waals surface area contributed by atoms with Crippen molar-refractivity contribution in [2.45, 2.75) is 20.3 Å². The Hall–Kier alpha value is -1.87. The van der Waals surface area contributed by atoms with Crippen LogP contribution in [0.1, 0.15) is 24.6 Å². The second-order valence-corrected chi connectivity index (χ2v) is 4.75. The zero-order chi connectivity index (χ0) is 13.5. The van der Waals surface area contributed by atoms with E-state index in [4.69, 9.17) is 0 Å². The van der Waals surface area contributed by atoms with Gasteiger partial charge in [0.15, 0.2) is 5.12 Å². The molecule has 5 nitrogen and oxygen atoms in total. The van der Waals surface area contributed by atoms with Gasteiger partial charge in [0, 0.05) is 25.2 Å². The molecule has 18 heavy (non-hydrogen) atoms. The largest absolute Gasteiger partial charge is 0.288 e. The molecule has 0 saturated carbocycles. The van der Waals surface area contributed by atoms with E-state index < -0.39 is 4.92 Å². The topological polar surface area (TPSA) is 73.1 Å². The van der Waals surface area contributed by atoms with Gasteiger partial charge in [-0.2, -0.15) is 0 Å². The molecule has 0 saturated heterocycles. The van der Waals surface area contributed by atoms with Crippen LogP contribution < -0.4 is 0 Å². The summed E-state index contributed by atoms with van der Waals surface area (Å²) in [7, 11) is 0. The molecule has 1 aromatic heterocycles. The van der Waals surface area contributed by atoms with Crippen LogP contribution >= 0.6 is 11.8 Å². The predicted octanol–water partition coefficient (Wildman–Crippen LogP) is 2.32. The third-order valence-corrected chi connectivity index (χ3v) is 2.85. The van der Waals surface area contributed by atoms with Crippen LogP contribution in [-0.2, 0) is 4.79 Å². The molecule has 0 aliphatic carbocycles. The van der Waals surface area contributed by atoms with Crippen molar-refractivity contribution in [2.24, 2.45) is 0 Å². The number of nitro groups is 1. The van der Waals surface area contributed by atoms with E-state index in [9.17, 15) is 14.9 Å². The number of thioether (sulfide) groups is 1. The monoisotopic (exact) mass is 264 g/mol. The molecule has 0 aliphatic rings. The molecule has 6 heteroatoms. The second-order valence-electron chi connectivity index (χ2n) is 3.48. The van der Waals surface area contributed by atoms with Crippen molar-refractivity contribution in [3.63, 3.8) is 0 Å². The van der Waals surface area contributed by atoms with Crippen LogP contribution in [-0.4, -0.2) is 20.8 Å². The lowest BCUT2D eigenvalue weighted by atomic mass is 10.2. The lowest BCUT2D eigenvalue weighted by Crippen LogP contribution is -1.93. The summed E-state index contributed by atoms with van der Waals surface area (Å²) in [6.07, 6.45) is 1.78. The Morgan fingerprint density at radius 2 is 2.33 bits per heavy atom. The molecule has 94 valence electrons. The SMILES string of the molecule is CC(=O)SCCC#Cc1cc([N+](=O)[O-])cnc1C. The fourth-order valence-electron chi connectivity index (χ4n) is 1.15. The predicted molar refractivity (Wildman–Crippen MR) is 70.3 cm³/mol. The highest BCUT2D eigenvalue weighted by Gasteiger charge is 2.07. The first kappa shape index (κ1) is 14.2. The number of aryl methyl sites for hydroxylation is 1. The number of hydrogen-bond acceptors (Lipinski definition) is 5. The number of pyridine rings is 1. The van der Waals surface area contributed by atoms with Gasteiger partial charge in [0.1, 0.15) is 6.20 Å². The average molecular weight is 264 g/mol. The van der Waals surface area contributed by atoms with Crippen molar-refractivity contribution in [3.8, 4) is 11.8 Å². The lowest BCUT2D eigenvalue weighted by molar-refractivity contribution is -0.385. The maximum Gasteiger partial charge on any atom is 0.288 e. The molecule has 0 aromatic carbocycles. The first-order chi connectivity index (χ1) is 8.50. The lowest BCUT2D eigenvalue weighted by Gasteiger charge is -1.96. The third-order valence-electron chi connectivity index (χ3n) is 2.04. The minimum Gasteiger partial charge on any atom is -0.288 e. The zero-order valence-corrected chi connectivity index (χ0v) is 10.9. The fraction of sp³-hybridized carbons (Fsp3) is 0.333. The van der Waals surface area contributed by atoms with Crippen LogP contribution in [0.3, 0.4) is 0 Å². The van der Waals surface area contributed by atoms with Crippen molar-refractivity contribution in [1.29, 1.82) is 0 Å². The molecule has 0 unspecified atom stereocenters. The van der Waals surface area contributed by atoms with E-state index in [0.29, 0.717) is 23.4 Å². The highest BCUT2D eigenvalue weighted by Crippen LogP contribution is 2.13. The van der Waals surface area contributed by atoms with Gasteiger partial charge in [0.25, 0.3) is 5.69 Å². The van der Waals surface area contributed by atoms with Crippen molar-refractivity contribution in [2.75, 3.05) is 5.75 Å². The summed E-state index contributed by atoms with van der Waals surface area (Å²) in [6.45, 7) is 3.25. The van der Waals surface area contributed by atoms with E-state index >= 15 is 0 Å². The minimum atomic E-state index is -0.497. The summed E-state index contributed by atoms with van der Waals surface area (Å²) in [4.78, 5) is 24.7. The van der Waals surface area contributed by atoms with Crippen LogP contribution in [0.15, 0.2) is 12.3 Å². The molecule has 0 bridgehead atoms. The van der Waals surface area contributed by atoms with Crippen LogP contribution in [0.5, 0.6) is 0 Å². The Bertz CT molecular complexity index is 532. The molecule has 0 fully saturated rings. The molecule has 1 heterocycles. The summed E-state index contributed by atoms with van der Waals surface area (Å²) in [5.41, 5.74) is 1.15. The standard InChI is InChI=1S/C12H12N2O3S/c1-9-11(5-3-4-6-18-10(2)15)7-12(8-13-9)14(16)17/h7-8H,4,6H2,1-2H3.